The number of primary amides is 2. The summed E-state index contributed by atoms with van der Waals surface area (Å²) in [5.41, 5.74) is 9.23. The van der Waals surface area contributed by atoms with Gasteiger partial charge in [-0.3, -0.25) is 9.59 Å². The van der Waals surface area contributed by atoms with Crippen molar-refractivity contribution < 1.29 is 19.8 Å². The number of hydrogen-bond donors (Lipinski definition) is 4. The zero-order valence-electron chi connectivity index (χ0n) is 7.02. The molecular formula is C8H8N2O4. The fourth-order valence-corrected chi connectivity index (χ4v) is 0.972. The smallest absolute Gasteiger partial charge is 0.252 e. The summed E-state index contributed by atoms with van der Waals surface area (Å²) in [5, 5.41) is 18.4. The molecular weight excluding hydrogens is 188 g/mol. The molecule has 0 aliphatic carbocycles. The fraction of sp³-hybridized carbons (Fsp3) is 0. The lowest BCUT2D eigenvalue weighted by atomic mass is 10.1. The maximum Gasteiger partial charge on any atom is 0.252 e. The summed E-state index contributed by atoms with van der Waals surface area (Å²) in [6.07, 6.45) is 0. The number of nitrogens with two attached hydrogens (primary N) is 2. The summed E-state index contributed by atoms with van der Waals surface area (Å²) >= 11 is 0. The standard InChI is InChI=1S/C8H8N2O4/c9-7(13)3-1-5(11)4(8(10)14)2-6(3)12/h1-2,11-12H,(H2,9,13)(H2,10,14). The Morgan fingerprint density at radius 2 is 1.21 bits per heavy atom. The number of carbonyl (C=O) groups is 2. The predicted octanol–water partition coefficient (Wildman–Crippen LogP) is -0.704. The van der Waals surface area contributed by atoms with E-state index in [4.69, 9.17) is 11.5 Å². The lowest BCUT2D eigenvalue weighted by molar-refractivity contribution is 0.0983. The molecule has 1 rings (SSSR count). The van der Waals surface area contributed by atoms with Gasteiger partial charge in [0.05, 0.1) is 11.1 Å². The molecule has 0 aliphatic rings. The average Bonchev–Trinajstić information content (AvgIpc) is 2.07. The number of rotatable bonds is 2. The van der Waals surface area contributed by atoms with E-state index in [9.17, 15) is 19.8 Å². The average molecular weight is 196 g/mol. The minimum atomic E-state index is -0.908. The van der Waals surface area contributed by atoms with E-state index in [1.165, 1.54) is 0 Å². The number of carbonyl (C=O) groups excluding carboxylic acids is 2. The molecule has 0 atom stereocenters. The highest BCUT2D eigenvalue weighted by atomic mass is 16.3. The highest BCUT2D eigenvalue weighted by molar-refractivity contribution is 6.01. The van der Waals surface area contributed by atoms with Gasteiger partial charge in [-0.25, -0.2) is 0 Å². The third kappa shape index (κ3) is 1.58. The molecule has 1 aromatic carbocycles. The van der Waals surface area contributed by atoms with Crippen LogP contribution in [0.2, 0.25) is 0 Å². The van der Waals surface area contributed by atoms with Gasteiger partial charge in [0.15, 0.2) is 0 Å². The van der Waals surface area contributed by atoms with Crippen molar-refractivity contribution in [3.8, 4) is 11.5 Å². The Kier molecular flexibility index (Phi) is 2.29. The zero-order valence-corrected chi connectivity index (χ0v) is 7.02. The lowest BCUT2D eigenvalue weighted by Gasteiger charge is -2.04. The van der Waals surface area contributed by atoms with Crippen LogP contribution < -0.4 is 11.5 Å². The molecule has 6 N–H and O–H groups in total. The molecule has 0 bridgehead atoms. The van der Waals surface area contributed by atoms with E-state index < -0.39 is 23.3 Å². The van der Waals surface area contributed by atoms with Crippen LogP contribution in [0.4, 0.5) is 0 Å². The SMILES string of the molecule is NC(=O)c1cc(O)c(C(N)=O)cc1O. The van der Waals surface area contributed by atoms with E-state index in [-0.39, 0.29) is 11.1 Å². The summed E-state index contributed by atoms with van der Waals surface area (Å²) in [4.78, 5) is 21.4. The van der Waals surface area contributed by atoms with Gasteiger partial charge in [0.1, 0.15) is 11.5 Å². The maximum atomic E-state index is 10.7. The Bertz CT molecular complexity index is 374. The van der Waals surface area contributed by atoms with Crippen molar-refractivity contribution in [2.24, 2.45) is 11.5 Å². The molecule has 0 unspecified atom stereocenters. The van der Waals surface area contributed by atoms with Crippen molar-refractivity contribution in [2.75, 3.05) is 0 Å². The van der Waals surface area contributed by atoms with Crippen LogP contribution >= 0.6 is 0 Å². The second-order valence-electron chi connectivity index (χ2n) is 2.62. The quantitative estimate of drug-likeness (QED) is 0.466. The van der Waals surface area contributed by atoms with Gasteiger partial charge in [0, 0.05) is 0 Å². The number of aromatic hydroxyl groups is 2. The van der Waals surface area contributed by atoms with Gasteiger partial charge >= 0.3 is 0 Å². The Hall–Kier alpha value is -2.24. The molecule has 0 fully saturated rings. The van der Waals surface area contributed by atoms with Crippen LogP contribution in [0, 0.1) is 0 Å². The van der Waals surface area contributed by atoms with Crippen LogP contribution in [0.1, 0.15) is 20.7 Å². The van der Waals surface area contributed by atoms with E-state index in [1.807, 2.05) is 0 Å². The van der Waals surface area contributed by atoms with Gasteiger partial charge in [-0.05, 0) is 12.1 Å². The van der Waals surface area contributed by atoms with Crippen molar-refractivity contribution in [3.63, 3.8) is 0 Å². The molecule has 1 aromatic rings. The molecule has 2 amide bonds. The van der Waals surface area contributed by atoms with Crippen molar-refractivity contribution in [2.45, 2.75) is 0 Å². The Morgan fingerprint density at radius 3 is 1.43 bits per heavy atom. The third-order valence-electron chi connectivity index (χ3n) is 1.64. The van der Waals surface area contributed by atoms with E-state index in [1.54, 1.807) is 0 Å². The first kappa shape index (κ1) is 9.85. The second-order valence-corrected chi connectivity index (χ2v) is 2.62. The molecule has 14 heavy (non-hydrogen) atoms. The van der Waals surface area contributed by atoms with Crippen molar-refractivity contribution in [1.29, 1.82) is 0 Å². The molecule has 0 heterocycles. The van der Waals surface area contributed by atoms with Crippen molar-refractivity contribution >= 4 is 11.8 Å². The lowest BCUT2D eigenvalue weighted by Crippen LogP contribution is -2.14. The first-order valence-corrected chi connectivity index (χ1v) is 3.59. The van der Waals surface area contributed by atoms with Crippen LogP contribution in [0.15, 0.2) is 12.1 Å². The van der Waals surface area contributed by atoms with E-state index >= 15 is 0 Å². The molecule has 74 valence electrons. The molecule has 0 saturated heterocycles. The Balaban J connectivity index is 3.38. The highest BCUT2D eigenvalue weighted by Crippen LogP contribution is 2.26. The van der Waals surface area contributed by atoms with Gasteiger partial charge in [0.2, 0.25) is 0 Å². The molecule has 0 saturated carbocycles. The predicted molar refractivity (Wildman–Crippen MR) is 46.8 cm³/mol. The summed E-state index contributed by atoms with van der Waals surface area (Å²) in [6, 6.07) is 1.77. The first-order chi connectivity index (χ1) is 6.43. The largest absolute Gasteiger partial charge is 0.507 e. The topological polar surface area (TPSA) is 127 Å². The van der Waals surface area contributed by atoms with Gasteiger partial charge in [0.25, 0.3) is 11.8 Å². The number of phenols is 2. The normalized spacial score (nSPS) is 9.71. The Morgan fingerprint density at radius 1 is 0.929 bits per heavy atom. The van der Waals surface area contributed by atoms with Gasteiger partial charge in [-0.1, -0.05) is 0 Å². The monoisotopic (exact) mass is 196 g/mol. The van der Waals surface area contributed by atoms with Gasteiger partial charge in [-0.2, -0.15) is 0 Å². The minimum absolute atomic E-state index is 0.271. The first-order valence-electron chi connectivity index (χ1n) is 3.59. The van der Waals surface area contributed by atoms with E-state index in [2.05, 4.69) is 0 Å². The molecule has 6 heteroatoms. The molecule has 0 spiro atoms. The number of hydrogen-bond acceptors (Lipinski definition) is 4. The van der Waals surface area contributed by atoms with Crippen LogP contribution in [0.25, 0.3) is 0 Å². The van der Waals surface area contributed by atoms with Crippen LogP contribution in [0.3, 0.4) is 0 Å². The summed E-state index contributed by atoms with van der Waals surface area (Å²) in [5.74, 6) is -2.81. The molecule has 0 aromatic heterocycles. The molecule has 6 nitrogen and oxygen atoms in total. The maximum absolute atomic E-state index is 10.7. The van der Waals surface area contributed by atoms with Crippen molar-refractivity contribution in [3.05, 3.63) is 23.3 Å². The number of amides is 2. The summed E-state index contributed by atoms with van der Waals surface area (Å²) in [6.45, 7) is 0. The number of benzene rings is 1. The van der Waals surface area contributed by atoms with Crippen LogP contribution in [-0.4, -0.2) is 22.0 Å². The third-order valence-corrected chi connectivity index (χ3v) is 1.64. The van der Waals surface area contributed by atoms with Gasteiger partial charge < -0.3 is 21.7 Å². The molecule has 0 radical (unpaired) electrons. The minimum Gasteiger partial charge on any atom is -0.507 e. The van der Waals surface area contributed by atoms with E-state index in [0.29, 0.717) is 0 Å². The van der Waals surface area contributed by atoms with E-state index in [0.717, 1.165) is 12.1 Å². The van der Waals surface area contributed by atoms with Crippen LogP contribution in [0.5, 0.6) is 11.5 Å². The van der Waals surface area contributed by atoms with Crippen LogP contribution in [-0.2, 0) is 0 Å². The van der Waals surface area contributed by atoms with Gasteiger partial charge in [-0.15, -0.1) is 0 Å². The zero-order chi connectivity index (χ0) is 10.9. The molecule has 0 aliphatic heterocycles. The fourth-order valence-electron chi connectivity index (χ4n) is 0.972. The Labute approximate surface area is 78.8 Å². The van der Waals surface area contributed by atoms with Crippen molar-refractivity contribution in [1.82, 2.24) is 0 Å². The highest BCUT2D eigenvalue weighted by Gasteiger charge is 2.15. The summed E-state index contributed by atoms with van der Waals surface area (Å²) in [7, 11) is 0. The second kappa shape index (κ2) is 3.25. The summed E-state index contributed by atoms with van der Waals surface area (Å²) < 4.78 is 0.